The van der Waals surface area contributed by atoms with E-state index < -0.39 is 17.4 Å². The topological polar surface area (TPSA) is 88.6 Å². The highest BCUT2D eigenvalue weighted by Crippen LogP contribution is 2.28. The number of pyridine rings is 1. The zero-order valence-electron chi connectivity index (χ0n) is 14.3. The number of aromatic nitrogens is 1. The Balaban J connectivity index is 1.99. The maximum atomic E-state index is 12.3. The third-order valence-corrected chi connectivity index (χ3v) is 3.89. The Labute approximate surface area is 150 Å². The van der Waals surface area contributed by atoms with E-state index in [4.69, 9.17) is 9.47 Å². The molecular weight excluding hydrogens is 334 g/mol. The number of rotatable bonds is 6. The van der Waals surface area contributed by atoms with Gasteiger partial charge in [-0.05, 0) is 36.8 Å². The fourth-order valence-corrected chi connectivity index (χ4v) is 2.57. The first-order valence-electron chi connectivity index (χ1n) is 8.39. The zero-order chi connectivity index (χ0) is 18.5. The van der Waals surface area contributed by atoms with Crippen LogP contribution >= 0.6 is 0 Å². The van der Waals surface area contributed by atoms with Crippen molar-refractivity contribution in [3.63, 3.8) is 0 Å². The number of aromatic hydroxyl groups is 1. The van der Waals surface area contributed by atoms with Gasteiger partial charge in [0, 0.05) is 5.39 Å². The fourth-order valence-electron chi connectivity index (χ4n) is 2.57. The van der Waals surface area contributed by atoms with Crippen molar-refractivity contribution in [2.45, 2.75) is 19.8 Å². The number of ether oxygens (including phenoxy) is 2. The standard InChI is InChI=1S/C20H19NO5/c1-2-3-11-25-20(24)17-15-10-9-14(26-13-7-5-4-6-8-13)12-16(15)18(22)21-19(17)23/h4-10,12H,2-3,11H2,1H3,(H2,21,22,23). The van der Waals surface area contributed by atoms with E-state index in [0.29, 0.717) is 16.9 Å². The first kappa shape index (κ1) is 17.5. The number of esters is 1. The quantitative estimate of drug-likeness (QED) is 0.517. The third kappa shape index (κ3) is 3.69. The fraction of sp³-hybridized carbons (Fsp3) is 0.200. The molecule has 0 fully saturated rings. The summed E-state index contributed by atoms with van der Waals surface area (Å²) in [6, 6.07) is 13.9. The second kappa shape index (κ2) is 7.74. The Kier molecular flexibility index (Phi) is 5.22. The Bertz CT molecular complexity index is 979. The first-order chi connectivity index (χ1) is 12.6. The number of hydrogen-bond acceptors (Lipinski definition) is 5. The van der Waals surface area contributed by atoms with Crippen LogP contribution in [0.25, 0.3) is 10.8 Å². The SMILES string of the molecule is CCCCOC(=O)c1c(O)[nH]c(=O)c2cc(Oc3ccccc3)ccc12. The lowest BCUT2D eigenvalue weighted by Crippen LogP contribution is -2.14. The van der Waals surface area contributed by atoms with Crippen molar-refractivity contribution in [3.05, 3.63) is 64.4 Å². The maximum absolute atomic E-state index is 12.3. The average Bonchev–Trinajstić information content (AvgIpc) is 2.63. The minimum Gasteiger partial charge on any atom is -0.494 e. The monoisotopic (exact) mass is 353 g/mol. The molecule has 0 saturated heterocycles. The van der Waals surface area contributed by atoms with Crippen molar-refractivity contribution < 1.29 is 19.4 Å². The second-order valence-electron chi connectivity index (χ2n) is 5.79. The molecule has 0 aliphatic heterocycles. The second-order valence-corrected chi connectivity index (χ2v) is 5.79. The summed E-state index contributed by atoms with van der Waals surface area (Å²) in [4.78, 5) is 26.8. The van der Waals surface area contributed by atoms with Gasteiger partial charge in [-0.1, -0.05) is 31.5 Å². The summed E-state index contributed by atoms with van der Waals surface area (Å²) < 4.78 is 10.9. The van der Waals surface area contributed by atoms with Crippen LogP contribution in [0.4, 0.5) is 0 Å². The molecule has 3 rings (SSSR count). The molecule has 0 aliphatic carbocycles. The minimum absolute atomic E-state index is 0.0537. The third-order valence-electron chi connectivity index (χ3n) is 3.89. The van der Waals surface area contributed by atoms with E-state index in [-0.39, 0.29) is 17.6 Å². The van der Waals surface area contributed by atoms with Gasteiger partial charge in [-0.25, -0.2) is 4.79 Å². The van der Waals surface area contributed by atoms with Crippen molar-refractivity contribution in [3.8, 4) is 17.4 Å². The molecule has 0 bridgehead atoms. The van der Waals surface area contributed by atoms with E-state index in [0.717, 1.165) is 12.8 Å². The molecule has 0 spiro atoms. The van der Waals surface area contributed by atoms with Crippen molar-refractivity contribution >= 4 is 16.7 Å². The van der Waals surface area contributed by atoms with Gasteiger partial charge in [-0.15, -0.1) is 0 Å². The lowest BCUT2D eigenvalue weighted by Gasteiger charge is -2.10. The van der Waals surface area contributed by atoms with Gasteiger partial charge in [-0.2, -0.15) is 0 Å². The Morgan fingerprint density at radius 2 is 1.85 bits per heavy atom. The van der Waals surface area contributed by atoms with E-state index in [2.05, 4.69) is 4.98 Å². The number of carbonyl (C=O) groups excluding carboxylic acids is 1. The molecule has 1 aromatic heterocycles. The highest BCUT2D eigenvalue weighted by molar-refractivity contribution is 6.06. The summed E-state index contributed by atoms with van der Waals surface area (Å²) in [5.74, 6) is -0.0962. The summed E-state index contributed by atoms with van der Waals surface area (Å²) in [5.41, 5.74) is -0.567. The van der Waals surface area contributed by atoms with Gasteiger partial charge in [-0.3, -0.25) is 9.78 Å². The Morgan fingerprint density at radius 1 is 1.08 bits per heavy atom. The number of carbonyl (C=O) groups is 1. The molecule has 6 nitrogen and oxygen atoms in total. The van der Waals surface area contributed by atoms with Gasteiger partial charge in [0.05, 0.1) is 12.0 Å². The number of benzene rings is 2. The van der Waals surface area contributed by atoms with Crippen LogP contribution < -0.4 is 10.3 Å². The maximum Gasteiger partial charge on any atom is 0.344 e. The van der Waals surface area contributed by atoms with Crippen LogP contribution in [-0.4, -0.2) is 22.7 Å². The van der Waals surface area contributed by atoms with Crippen molar-refractivity contribution in [1.29, 1.82) is 0 Å². The van der Waals surface area contributed by atoms with Gasteiger partial charge in [0.2, 0.25) is 5.88 Å². The van der Waals surface area contributed by atoms with Crippen molar-refractivity contribution in [1.82, 2.24) is 4.98 Å². The van der Waals surface area contributed by atoms with Crippen LogP contribution in [0.3, 0.4) is 0 Å². The molecule has 1 heterocycles. The predicted octanol–water partition coefficient (Wildman–Crippen LogP) is 3.98. The van der Waals surface area contributed by atoms with Gasteiger partial charge in [0.15, 0.2) is 0 Å². The van der Waals surface area contributed by atoms with E-state index >= 15 is 0 Å². The summed E-state index contributed by atoms with van der Waals surface area (Å²) in [6.07, 6.45) is 1.61. The molecule has 0 radical (unpaired) electrons. The predicted molar refractivity (Wildman–Crippen MR) is 97.9 cm³/mol. The number of hydrogen-bond donors (Lipinski definition) is 2. The number of unbranched alkanes of at least 4 members (excludes halogenated alkanes) is 1. The zero-order valence-corrected chi connectivity index (χ0v) is 14.3. The van der Waals surface area contributed by atoms with E-state index in [1.807, 2.05) is 25.1 Å². The smallest absolute Gasteiger partial charge is 0.344 e. The normalized spacial score (nSPS) is 10.7. The molecule has 2 N–H and O–H groups in total. The van der Waals surface area contributed by atoms with Gasteiger partial charge >= 0.3 is 5.97 Å². The van der Waals surface area contributed by atoms with E-state index in [1.54, 1.807) is 24.3 Å². The molecule has 3 aromatic rings. The largest absolute Gasteiger partial charge is 0.494 e. The molecule has 2 aromatic carbocycles. The molecule has 0 amide bonds. The van der Waals surface area contributed by atoms with Crippen LogP contribution in [0.2, 0.25) is 0 Å². The summed E-state index contributed by atoms with van der Waals surface area (Å²) in [5, 5.41) is 10.6. The molecular formula is C20H19NO5. The Hall–Kier alpha value is -3.28. The molecule has 6 heteroatoms. The van der Waals surface area contributed by atoms with Crippen LogP contribution in [0.1, 0.15) is 30.1 Å². The lowest BCUT2D eigenvalue weighted by molar-refractivity contribution is 0.0498. The Morgan fingerprint density at radius 3 is 2.58 bits per heavy atom. The molecule has 134 valence electrons. The lowest BCUT2D eigenvalue weighted by atomic mass is 10.1. The molecule has 0 saturated carbocycles. The van der Waals surface area contributed by atoms with Crippen LogP contribution in [0.5, 0.6) is 17.4 Å². The highest BCUT2D eigenvalue weighted by Gasteiger charge is 2.20. The number of nitrogens with one attached hydrogen (secondary N) is 1. The van der Waals surface area contributed by atoms with Gasteiger partial charge in [0.25, 0.3) is 5.56 Å². The van der Waals surface area contributed by atoms with Gasteiger partial charge < -0.3 is 14.6 Å². The van der Waals surface area contributed by atoms with E-state index in [9.17, 15) is 14.7 Å². The molecule has 0 atom stereocenters. The molecule has 0 unspecified atom stereocenters. The van der Waals surface area contributed by atoms with Crippen molar-refractivity contribution in [2.24, 2.45) is 0 Å². The number of para-hydroxylation sites is 1. The summed E-state index contributed by atoms with van der Waals surface area (Å²) in [7, 11) is 0. The minimum atomic E-state index is -0.672. The van der Waals surface area contributed by atoms with Gasteiger partial charge in [0.1, 0.15) is 17.1 Å². The molecule has 26 heavy (non-hydrogen) atoms. The first-order valence-corrected chi connectivity index (χ1v) is 8.39. The van der Waals surface area contributed by atoms with Crippen LogP contribution in [0.15, 0.2) is 53.3 Å². The molecule has 0 aliphatic rings. The number of aromatic amines is 1. The number of H-pyrrole nitrogens is 1. The van der Waals surface area contributed by atoms with Crippen molar-refractivity contribution in [2.75, 3.05) is 6.61 Å². The summed E-state index contributed by atoms with van der Waals surface area (Å²) >= 11 is 0. The highest BCUT2D eigenvalue weighted by atomic mass is 16.5. The van der Waals surface area contributed by atoms with E-state index in [1.165, 1.54) is 6.07 Å². The number of fused-ring (bicyclic) bond motifs is 1. The van der Waals surface area contributed by atoms with Crippen LogP contribution in [-0.2, 0) is 4.74 Å². The van der Waals surface area contributed by atoms with Crippen LogP contribution in [0, 0.1) is 0 Å². The average molecular weight is 353 g/mol. The summed E-state index contributed by atoms with van der Waals surface area (Å²) in [6.45, 7) is 2.24.